The smallest absolute Gasteiger partial charge is 0.241 e. The number of nitriles is 1. The fourth-order valence-electron chi connectivity index (χ4n) is 1.17. The highest BCUT2D eigenvalue weighted by atomic mass is 16.2. The Labute approximate surface area is 100 Å². The maximum Gasteiger partial charge on any atom is 0.241 e. The van der Waals surface area contributed by atoms with Gasteiger partial charge in [-0.1, -0.05) is 0 Å². The average Bonchev–Trinajstić information content (AvgIpc) is 2.34. The summed E-state index contributed by atoms with van der Waals surface area (Å²) >= 11 is 0. The topological polar surface area (TPSA) is 81.9 Å². The predicted molar refractivity (Wildman–Crippen MR) is 63.3 cm³/mol. The third-order valence-corrected chi connectivity index (χ3v) is 2.27. The van der Waals surface area contributed by atoms with E-state index >= 15 is 0 Å². The number of aromatic nitrogens is 2. The highest BCUT2D eigenvalue weighted by molar-refractivity contribution is 5.80. The van der Waals surface area contributed by atoms with Gasteiger partial charge in [-0.15, -0.1) is 0 Å². The first-order valence-electron chi connectivity index (χ1n) is 5.30. The summed E-state index contributed by atoms with van der Waals surface area (Å²) in [5, 5.41) is 11.6. The van der Waals surface area contributed by atoms with Crippen molar-refractivity contribution in [2.75, 3.05) is 25.5 Å². The molecule has 0 bridgehead atoms. The molecule has 0 atom stereocenters. The molecule has 6 heteroatoms. The number of carbonyl (C=O) groups excluding carboxylic acids is 1. The molecule has 0 aromatic carbocycles. The van der Waals surface area contributed by atoms with Gasteiger partial charge in [0.1, 0.15) is 11.8 Å². The number of nitrogens with one attached hydrogen (secondary N) is 1. The highest BCUT2D eigenvalue weighted by Gasteiger charge is 2.07. The first-order valence-corrected chi connectivity index (χ1v) is 5.30. The van der Waals surface area contributed by atoms with Gasteiger partial charge < -0.3 is 10.2 Å². The van der Waals surface area contributed by atoms with Crippen molar-refractivity contribution in [1.29, 1.82) is 5.26 Å². The van der Waals surface area contributed by atoms with E-state index in [1.165, 1.54) is 0 Å². The van der Waals surface area contributed by atoms with Crippen LogP contribution < -0.4 is 5.32 Å². The van der Waals surface area contributed by atoms with Gasteiger partial charge in [-0.25, -0.2) is 9.97 Å². The van der Waals surface area contributed by atoms with Crippen LogP contribution in [0.5, 0.6) is 0 Å². The molecule has 90 valence electrons. The van der Waals surface area contributed by atoms with Crippen LogP contribution in [0.15, 0.2) is 6.07 Å². The lowest BCUT2D eigenvalue weighted by molar-refractivity contribution is -0.127. The summed E-state index contributed by atoms with van der Waals surface area (Å²) < 4.78 is 0. The minimum atomic E-state index is -0.0453. The van der Waals surface area contributed by atoms with Gasteiger partial charge in [-0.3, -0.25) is 4.79 Å². The molecule has 0 aliphatic rings. The maximum atomic E-state index is 11.5. The predicted octanol–water partition coefficient (Wildman–Crippen LogP) is 0.547. The second-order valence-corrected chi connectivity index (χ2v) is 3.59. The number of nitrogens with zero attached hydrogens (tertiary/aromatic N) is 4. The summed E-state index contributed by atoms with van der Waals surface area (Å²) in [6.07, 6.45) is 0. The van der Waals surface area contributed by atoms with E-state index in [4.69, 9.17) is 5.26 Å². The first kappa shape index (κ1) is 12.9. The van der Waals surface area contributed by atoms with Gasteiger partial charge in [-0.2, -0.15) is 5.26 Å². The van der Waals surface area contributed by atoms with E-state index < -0.39 is 0 Å². The van der Waals surface area contributed by atoms with Gasteiger partial charge in [0.25, 0.3) is 0 Å². The molecule has 0 aliphatic heterocycles. The lowest BCUT2D eigenvalue weighted by atomic mass is 10.3. The van der Waals surface area contributed by atoms with Gasteiger partial charge in [0.2, 0.25) is 11.9 Å². The zero-order chi connectivity index (χ0) is 12.8. The van der Waals surface area contributed by atoms with E-state index in [2.05, 4.69) is 15.3 Å². The van der Waals surface area contributed by atoms with E-state index in [0.717, 1.165) is 0 Å². The van der Waals surface area contributed by atoms with Crippen molar-refractivity contribution in [3.63, 3.8) is 0 Å². The summed E-state index contributed by atoms with van der Waals surface area (Å²) in [6, 6.07) is 3.53. The number of rotatable bonds is 4. The van der Waals surface area contributed by atoms with Crippen molar-refractivity contribution in [3.05, 3.63) is 17.5 Å². The molecule has 17 heavy (non-hydrogen) atoms. The SMILES string of the molecule is CCN(C)C(=O)CNc1nc(C)cc(C#N)n1. The van der Waals surface area contributed by atoms with Crippen LogP contribution in [-0.2, 0) is 4.79 Å². The number of hydrogen-bond donors (Lipinski definition) is 1. The standard InChI is InChI=1S/C11H15N5O/c1-4-16(3)10(17)7-13-11-14-8(2)5-9(6-12)15-11/h5H,4,7H2,1-3H3,(H,13,14,15). The fourth-order valence-corrected chi connectivity index (χ4v) is 1.17. The molecule has 0 radical (unpaired) electrons. The van der Waals surface area contributed by atoms with Crippen LogP contribution in [0.2, 0.25) is 0 Å². The number of anilines is 1. The molecule has 0 aliphatic carbocycles. The zero-order valence-corrected chi connectivity index (χ0v) is 10.2. The van der Waals surface area contributed by atoms with Crippen molar-refractivity contribution >= 4 is 11.9 Å². The third kappa shape index (κ3) is 3.72. The summed E-state index contributed by atoms with van der Waals surface area (Å²) in [6.45, 7) is 4.44. The molecule has 1 N–H and O–H groups in total. The van der Waals surface area contributed by atoms with Gasteiger partial charge in [0.05, 0.1) is 6.54 Å². The Morgan fingerprint density at radius 1 is 1.59 bits per heavy atom. The molecule has 6 nitrogen and oxygen atoms in total. The van der Waals surface area contributed by atoms with Gasteiger partial charge in [-0.05, 0) is 19.9 Å². The van der Waals surface area contributed by atoms with Crippen LogP contribution in [0.25, 0.3) is 0 Å². The van der Waals surface area contributed by atoms with Gasteiger partial charge in [0, 0.05) is 19.3 Å². The summed E-state index contributed by atoms with van der Waals surface area (Å²) in [5.41, 5.74) is 0.978. The summed E-state index contributed by atoms with van der Waals surface area (Å²) in [4.78, 5) is 21.2. The quantitative estimate of drug-likeness (QED) is 0.821. The van der Waals surface area contributed by atoms with Crippen LogP contribution in [-0.4, -0.2) is 40.9 Å². The van der Waals surface area contributed by atoms with E-state index in [-0.39, 0.29) is 18.1 Å². The summed E-state index contributed by atoms with van der Waals surface area (Å²) in [5.74, 6) is 0.260. The van der Waals surface area contributed by atoms with Crippen molar-refractivity contribution in [1.82, 2.24) is 14.9 Å². The fraction of sp³-hybridized carbons (Fsp3) is 0.455. The summed E-state index contributed by atoms with van der Waals surface area (Å²) in [7, 11) is 1.72. The second kappa shape index (κ2) is 5.80. The van der Waals surface area contributed by atoms with Crippen LogP contribution >= 0.6 is 0 Å². The Balaban J connectivity index is 2.67. The maximum absolute atomic E-state index is 11.5. The Kier molecular flexibility index (Phi) is 4.40. The molecular weight excluding hydrogens is 218 g/mol. The minimum Gasteiger partial charge on any atom is -0.345 e. The lowest BCUT2D eigenvalue weighted by Crippen LogP contribution is -2.32. The van der Waals surface area contributed by atoms with Gasteiger partial charge in [0.15, 0.2) is 0 Å². The molecule has 1 rings (SSSR count). The average molecular weight is 233 g/mol. The Morgan fingerprint density at radius 2 is 2.29 bits per heavy atom. The van der Waals surface area contributed by atoms with Gasteiger partial charge >= 0.3 is 0 Å². The van der Waals surface area contributed by atoms with E-state index in [9.17, 15) is 4.79 Å². The molecule has 0 spiro atoms. The largest absolute Gasteiger partial charge is 0.345 e. The van der Waals surface area contributed by atoms with Crippen molar-refractivity contribution in [3.8, 4) is 6.07 Å². The van der Waals surface area contributed by atoms with Crippen LogP contribution in [0.1, 0.15) is 18.3 Å². The number of amides is 1. The van der Waals surface area contributed by atoms with Crippen LogP contribution in [0.3, 0.4) is 0 Å². The second-order valence-electron chi connectivity index (χ2n) is 3.59. The molecule has 0 saturated carbocycles. The van der Waals surface area contributed by atoms with Crippen LogP contribution in [0, 0.1) is 18.3 Å². The van der Waals surface area contributed by atoms with E-state index in [0.29, 0.717) is 18.2 Å². The Morgan fingerprint density at radius 3 is 2.88 bits per heavy atom. The molecule has 1 heterocycles. The van der Waals surface area contributed by atoms with Crippen LogP contribution in [0.4, 0.5) is 5.95 Å². The third-order valence-electron chi connectivity index (χ3n) is 2.27. The number of likely N-dealkylation sites (N-methyl/N-ethyl adjacent to an activating group) is 1. The number of carbonyl (C=O) groups is 1. The number of aryl methyl sites for hydroxylation is 1. The molecular formula is C11H15N5O. The zero-order valence-electron chi connectivity index (χ0n) is 10.2. The number of hydrogen-bond acceptors (Lipinski definition) is 5. The van der Waals surface area contributed by atoms with Crippen molar-refractivity contribution in [2.45, 2.75) is 13.8 Å². The minimum absolute atomic E-state index is 0.0453. The highest BCUT2D eigenvalue weighted by Crippen LogP contribution is 2.03. The molecule has 1 aromatic heterocycles. The Bertz CT molecular complexity index is 452. The van der Waals surface area contributed by atoms with E-state index in [1.54, 1.807) is 24.9 Å². The molecule has 1 aromatic rings. The molecule has 0 unspecified atom stereocenters. The molecule has 0 saturated heterocycles. The molecule has 1 amide bonds. The normalized spacial score (nSPS) is 9.53. The first-order chi connectivity index (χ1) is 8.06. The lowest BCUT2D eigenvalue weighted by Gasteiger charge is -2.14. The van der Waals surface area contributed by atoms with Crippen molar-refractivity contribution in [2.24, 2.45) is 0 Å². The van der Waals surface area contributed by atoms with Crippen molar-refractivity contribution < 1.29 is 4.79 Å². The Hall–Kier alpha value is -2.16. The molecule has 0 fully saturated rings. The monoisotopic (exact) mass is 233 g/mol. The van der Waals surface area contributed by atoms with E-state index in [1.807, 2.05) is 13.0 Å².